The standard InChI is InChI=1S/C16H19FN6O2/c17-11-2-1-3-12(8-11)20-15(24)9-19-16(25)14-10-23(22-21-14)13-4-6-18-7-5-13/h1-3,8,10,13,18H,4-7,9H2,(H,19,25)(H,20,24). The van der Waals surface area contributed by atoms with Gasteiger partial charge >= 0.3 is 0 Å². The number of hydrogen-bond donors (Lipinski definition) is 3. The number of aromatic nitrogens is 3. The predicted molar refractivity (Wildman–Crippen MR) is 88.5 cm³/mol. The van der Waals surface area contributed by atoms with Crippen LogP contribution >= 0.6 is 0 Å². The van der Waals surface area contributed by atoms with Gasteiger partial charge in [0, 0.05) is 5.69 Å². The molecule has 132 valence electrons. The smallest absolute Gasteiger partial charge is 0.273 e. The summed E-state index contributed by atoms with van der Waals surface area (Å²) in [4.78, 5) is 23.9. The molecular weight excluding hydrogens is 327 g/mol. The molecule has 1 aliphatic rings. The second kappa shape index (κ2) is 7.84. The summed E-state index contributed by atoms with van der Waals surface area (Å²) < 4.78 is 14.8. The molecule has 25 heavy (non-hydrogen) atoms. The molecule has 2 heterocycles. The van der Waals surface area contributed by atoms with E-state index in [-0.39, 0.29) is 18.3 Å². The number of nitrogens with one attached hydrogen (secondary N) is 3. The normalized spacial score (nSPS) is 14.9. The first kappa shape index (κ1) is 17.0. The molecule has 3 N–H and O–H groups in total. The zero-order valence-corrected chi connectivity index (χ0v) is 13.5. The van der Waals surface area contributed by atoms with Gasteiger partial charge in [-0.05, 0) is 44.1 Å². The molecule has 2 amide bonds. The van der Waals surface area contributed by atoms with Gasteiger partial charge in [0.2, 0.25) is 5.91 Å². The summed E-state index contributed by atoms with van der Waals surface area (Å²) in [6, 6.07) is 5.76. The number of anilines is 1. The Kier molecular flexibility index (Phi) is 5.34. The molecule has 8 nitrogen and oxygen atoms in total. The Morgan fingerprint density at radius 3 is 2.88 bits per heavy atom. The lowest BCUT2D eigenvalue weighted by Crippen LogP contribution is -2.33. The van der Waals surface area contributed by atoms with Gasteiger partial charge in [0.15, 0.2) is 5.69 Å². The molecule has 0 radical (unpaired) electrons. The van der Waals surface area contributed by atoms with E-state index in [1.807, 2.05) is 0 Å². The Balaban J connectivity index is 1.50. The summed E-state index contributed by atoms with van der Waals surface area (Å²) in [5, 5.41) is 16.1. The van der Waals surface area contributed by atoms with E-state index in [0.717, 1.165) is 25.9 Å². The maximum absolute atomic E-state index is 13.1. The summed E-state index contributed by atoms with van der Waals surface area (Å²) in [6.07, 6.45) is 3.46. The number of piperidine rings is 1. The SMILES string of the molecule is O=C(CNC(=O)c1cn(C2CCNCC2)nn1)Nc1cccc(F)c1. The molecule has 1 aromatic heterocycles. The first-order valence-corrected chi connectivity index (χ1v) is 8.08. The van der Waals surface area contributed by atoms with Crippen molar-refractivity contribution < 1.29 is 14.0 Å². The molecule has 1 saturated heterocycles. The quantitative estimate of drug-likeness (QED) is 0.740. The van der Waals surface area contributed by atoms with Crippen LogP contribution in [-0.4, -0.2) is 46.4 Å². The first-order chi connectivity index (χ1) is 12.1. The Hall–Kier alpha value is -2.81. The van der Waals surface area contributed by atoms with Crippen LogP contribution in [-0.2, 0) is 4.79 Å². The zero-order valence-electron chi connectivity index (χ0n) is 13.5. The van der Waals surface area contributed by atoms with Crippen molar-refractivity contribution in [3.63, 3.8) is 0 Å². The van der Waals surface area contributed by atoms with Gasteiger partial charge in [-0.25, -0.2) is 9.07 Å². The van der Waals surface area contributed by atoms with Gasteiger partial charge in [0.25, 0.3) is 5.91 Å². The van der Waals surface area contributed by atoms with Crippen molar-refractivity contribution in [1.29, 1.82) is 0 Å². The van der Waals surface area contributed by atoms with E-state index < -0.39 is 17.6 Å². The van der Waals surface area contributed by atoms with Crippen molar-refractivity contribution in [2.24, 2.45) is 0 Å². The molecule has 3 rings (SSSR count). The lowest BCUT2D eigenvalue weighted by molar-refractivity contribution is -0.115. The Morgan fingerprint density at radius 1 is 1.32 bits per heavy atom. The summed E-state index contributed by atoms with van der Waals surface area (Å²) in [5.74, 6) is -1.38. The fraction of sp³-hybridized carbons (Fsp3) is 0.375. The van der Waals surface area contributed by atoms with Gasteiger partial charge in [-0.2, -0.15) is 0 Å². The van der Waals surface area contributed by atoms with E-state index in [1.54, 1.807) is 16.9 Å². The van der Waals surface area contributed by atoms with E-state index in [1.165, 1.54) is 18.2 Å². The highest BCUT2D eigenvalue weighted by molar-refractivity contribution is 5.98. The van der Waals surface area contributed by atoms with Crippen LogP contribution in [0.2, 0.25) is 0 Å². The fourth-order valence-electron chi connectivity index (χ4n) is 2.65. The molecule has 0 saturated carbocycles. The third kappa shape index (κ3) is 4.60. The summed E-state index contributed by atoms with van der Waals surface area (Å²) in [6.45, 7) is 1.58. The number of hydrogen-bond acceptors (Lipinski definition) is 5. The van der Waals surface area contributed by atoms with Crippen LogP contribution in [0.3, 0.4) is 0 Å². The molecule has 1 aliphatic heterocycles. The topological polar surface area (TPSA) is 101 Å². The maximum atomic E-state index is 13.1. The van der Waals surface area contributed by atoms with Crippen LogP contribution in [0.4, 0.5) is 10.1 Å². The van der Waals surface area contributed by atoms with E-state index >= 15 is 0 Å². The first-order valence-electron chi connectivity index (χ1n) is 8.08. The number of carbonyl (C=O) groups excluding carboxylic acids is 2. The van der Waals surface area contributed by atoms with E-state index in [9.17, 15) is 14.0 Å². The number of rotatable bonds is 5. The van der Waals surface area contributed by atoms with Crippen LogP contribution in [0.5, 0.6) is 0 Å². The van der Waals surface area contributed by atoms with Gasteiger partial charge in [-0.1, -0.05) is 11.3 Å². The van der Waals surface area contributed by atoms with E-state index in [2.05, 4.69) is 26.3 Å². The van der Waals surface area contributed by atoms with Gasteiger partial charge in [-0.15, -0.1) is 5.10 Å². The number of benzene rings is 1. The van der Waals surface area contributed by atoms with Crippen LogP contribution in [0.25, 0.3) is 0 Å². The molecule has 0 aliphatic carbocycles. The van der Waals surface area contributed by atoms with Gasteiger partial charge in [0.05, 0.1) is 18.8 Å². The van der Waals surface area contributed by atoms with Crippen molar-refractivity contribution >= 4 is 17.5 Å². The highest BCUT2D eigenvalue weighted by Gasteiger charge is 2.19. The summed E-state index contributed by atoms with van der Waals surface area (Å²) in [5.41, 5.74) is 0.494. The van der Waals surface area contributed by atoms with Crippen LogP contribution in [0, 0.1) is 5.82 Å². The van der Waals surface area contributed by atoms with Crippen molar-refractivity contribution in [2.45, 2.75) is 18.9 Å². The Morgan fingerprint density at radius 2 is 2.12 bits per heavy atom. The molecule has 2 aromatic rings. The maximum Gasteiger partial charge on any atom is 0.273 e. The van der Waals surface area contributed by atoms with Crippen LogP contribution in [0.15, 0.2) is 30.5 Å². The fourth-order valence-corrected chi connectivity index (χ4v) is 2.65. The number of halogens is 1. The summed E-state index contributed by atoms with van der Waals surface area (Å²) >= 11 is 0. The molecule has 0 spiro atoms. The minimum absolute atomic E-state index is 0.164. The Bertz CT molecular complexity index is 757. The lowest BCUT2D eigenvalue weighted by Gasteiger charge is -2.22. The van der Waals surface area contributed by atoms with Crippen LogP contribution < -0.4 is 16.0 Å². The average molecular weight is 346 g/mol. The van der Waals surface area contributed by atoms with Crippen LogP contribution in [0.1, 0.15) is 29.4 Å². The highest BCUT2D eigenvalue weighted by Crippen LogP contribution is 2.17. The molecule has 9 heteroatoms. The zero-order chi connectivity index (χ0) is 17.6. The van der Waals surface area contributed by atoms with Crippen molar-refractivity contribution in [3.8, 4) is 0 Å². The second-order valence-corrected chi connectivity index (χ2v) is 5.81. The second-order valence-electron chi connectivity index (χ2n) is 5.81. The van der Waals surface area contributed by atoms with Gasteiger partial charge in [-0.3, -0.25) is 9.59 Å². The van der Waals surface area contributed by atoms with Gasteiger partial charge < -0.3 is 16.0 Å². The van der Waals surface area contributed by atoms with Crippen molar-refractivity contribution in [3.05, 3.63) is 42.0 Å². The monoisotopic (exact) mass is 346 g/mol. The van der Waals surface area contributed by atoms with Crippen molar-refractivity contribution in [2.75, 3.05) is 25.0 Å². The highest BCUT2D eigenvalue weighted by atomic mass is 19.1. The molecule has 0 bridgehead atoms. The molecule has 1 fully saturated rings. The summed E-state index contributed by atoms with van der Waals surface area (Å²) in [7, 11) is 0. The number of carbonyl (C=O) groups is 2. The molecular formula is C16H19FN6O2. The lowest BCUT2D eigenvalue weighted by atomic mass is 10.1. The van der Waals surface area contributed by atoms with Crippen molar-refractivity contribution in [1.82, 2.24) is 25.6 Å². The minimum Gasteiger partial charge on any atom is -0.342 e. The third-order valence-electron chi connectivity index (χ3n) is 3.94. The third-order valence-corrected chi connectivity index (χ3v) is 3.94. The Labute approximate surface area is 143 Å². The van der Waals surface area contributed by atoms with E-state index in [0.29, 0.717) is 5.69 Å². The predicted octanol–water partition coefficient (Wildman–Crippen LogP) is 0.710. The molecule has 1 aromatic carbocycles. The minimum atomic E-state index is -0.477. The van der Waals surface area contributed by atoms with E-state index in [4.69, 9.17) is 0 Å². The van der Waals surface area contributed by atoms with Gasteiger partial charge in [0.1, 0.15) is 5.82 Å². The molecule has 0 atom stereocenters. The molecule has 0 unspecified atom stereocenters. The average Bonchev–Trinajstić information content (AvgIpc) is 3.11. The number of amides is 2. The number of nitrogens with zero attached hydrogens (tertiary/aromatic N) is 3. The largest absolute Gasteiger partial charge is 0.342 e.